The van der Waals surface area contributed by atoms with Crippen LogP contribution in [0.15, 0.2) is 58.9 Å². The van der Waals surface area contributed by atoms with E-state index >= 15 is 0 Å². The van der Waals surface area contributed by atoms with Gasteiger partial charge in [-0.05, 0) is 42.7 Å². The van der Waals surface area contributed by atoms with Crippen molar-refractivity contribution in [3.8, 4) is 0 Å². The maximum atomic E-state index is 12.9. The number of anilines is 1. The molecule has 25 heavy (non-hydrogen) atoms. The molecule has 1 saturated heterocycles. The summed E-state index contributed by atoms with van der Waals surface area (Å²) in [6, 6.07) is 13.9. The Morgan fingerprint density at radius 2 is 1.72 bits per heavy atom. The van der Waals surface area contributed by atoms with Crippen LogP contribution < -0.4 is 4.90 Å². The molecule has 6 heteroatoms. The van der Waals surface area contributed by atoms with E-state index in [0.29, 0.717) is 12.2 Å². The van der Waals surface area contributed by atoms with E-state index in [9.17, 15) is 9.59 Å². The van der Waals surface area contributed by atoms with Crippen molar-refractivity contribution in [2.45, 2.75) is 32.5 Å². The van der Waals surface area contributed by atoms with Crippen molar-refractivity contribution in [3.05, 3.63) is 65.2 Å². The quantitative estimate of drug-likeness (QED) is 0.811. The highest BCUT2D eigenvalue weighted by Gasteiger charge is 2.54. The molecule has 0 N–H and O–H groups in total. The van der Waals surface area contributed by atoms with Crippen molar-refractivity contribution in [2.75, 3.05) is 4.90 Å². The predicted molar refractivity (Wildman–Crippen MR) is 92.8 cm³/mol. The summed E-state index contributed by atoms with van der Waals surface area (Å²) in [6.45, 7) is 4.41. The molecule has 0 bridgehead atoms. The van der Waals surface area contributed by atoms with Gasteiger partial charge in [0.05, 0.1) is 12.2 Å². The lowest BCUT2D eigenvalue weighted by atomic mass is 10.1. The van der Waals surface area contributed by atoms with Gasteiger partial charge >= 0.3 is 0 Å². The summed E-state index contributed by atoms with van der Waals surface area (Å²) in [4.78, 5) is 26.9. The first-order valence-corrected chi connectivity index (χ1v) is 8.22. The number of carbonyl (C=O) groups is 2. The van der Waals surface area contributed by atoms with E-state index < -0.39 is 12.1 Å². The van der Waals surface area contributed by atoms with Crippen molar-refractivity contribution in [1.82, 2.24) is 5.01 Å². The summed E-state index contributed by atoms with van der Waals surface area (Å²) in [5.74, 6) is -0.572. The Balaban J connectivity index is 1.62. The van der Waals surface area contributed by atoms with Crippen molar-refractivity contribution < 1.29 is 9.59 Å². The van der Waals surface area contributed by atoms with E-state index in [-0.39, 0.29) is 11.8 Å². The van der Waals surface area contributed by atoms with Crippen LogP contribution in [0, 0.1) is 13.8 Å². The Morgan fingerprint density at radius 3 is 2.44 bits per heavy atom. The van der Waals surface area contributed by atoms with Crippen molar-refractivity contribution in [3.63, 3.8) is 0 Å². The monoisotopic (exact) mass is 334 g/mol. The van der Waals surface area contributed by atoms with E-state index in [1.165, 1.54) is 4.90 Å². The van der Waals surface area contributed by atoms with Crippen molar-refractivity contribution in [2.24, 2.45) is 10.3 Å². The molecule has 2 aliphatic heterocycles. The number of imide groups is 1. The number of amides is 2. The lowest BCUT2D eigenvalue weighted by Gasteiger charge is -2.21. The van der Waals surface area contributed by atoms with Gasteiger partial charge in [0, 0.05) is 0 Å². The van der Waals surface area contributed by atoms with Crippen LogP contribution in [-0.2, 0) is 16.1 Å². The molecule has 2 aromatic rings. The molecule has 0 unspecified atom stereocenters. The molecule has 6 nitrogen and oxygen atoms in total. The standard InChI is InChI=1S/C19H18N4O2/c1-12-8-9-15(10-13(12)2)23-18(24)16-17(19(23)25)22(21-20-16)11-14-6-4-3-5-7-14/h3-10,16-17H,11H2,1-2H3/t16-,17+/m1/s1. The Hall–Kier alpha value is -3.02. The summed E-state index contributed by atoms with van der Waals surface area (Å²) in [6.07, 6.45) is 0. The zero-order valence-corrected chi connectivity index (χ0v) is 14.1. The molecule has 0 radical (unpaired) electrons. The normalized spacial score (nSPS) is 22.0. The first-order valence-electron chi connectivity index (χ1n) is 8.22. The fraction of sp³-hybridized carbons (Fsp3) is 0.263. The molecule has 1 fully saturated rings. The largest absolute Gasteiger partial charge is 0.271 e. The number of rotatable bonds is 3. The molecule has 126 valence electrons. The third-order valence-electron chi connectivity index (χ3n) is 4.79. The molecule has 2 heterocycles. The van der Waals surface area contributed by atoms with E-state index in [1.54, 1.807) is 11.1 Å². The van der Waals surface area contributed by atoms with Gasteiger partial charge in [-0.15, -0.1) is 0 Å². The topological polar surface area (TPSA) is 65.3 Å². The van der Waals surface area contributed by atoms with Crippen LogP contribution in [0.2, 0.25) is 0 Å². The summed E-state index contributed by atoms with van der Waals surface area (Å²) < 4.78 is 0. The van der Waals surface area contributed by atoms with Gasteiger partial charge in [-0.2, -0.15) is 5.11 Å². The van der Waals surface area contributed by atoms with E-state index in [0.717, 1.165) is 16.7 Å². The predicted octanol–water partition coefficient (Wildman–Crippen LogP) is 2.80. The second-order valence-corrected chi connectivity index (χ2v) is 6.46. The van der Waals surface area contributed by atoms with Gasteiger partial charge in [0.2, 0.25) is 0 Å². The van der Waals surface area contributed by atoms with Gasteiger partial charge in [0.25, 0.3) is 11.8 Å². The van der Waals surface area contributed by atoms with Gasteiger partial charge in [0.15, 0.2) is 12.1 Å². The number of carbonyl (C=O) groups excluding carboxylic acids is 2. The van der Waals surface area contributed by atoms with E-state index in [1.807, 2.05) is 56.3 Å². The van der Waals surface area contributed by atoms with Gasteiger partial charge in [0.1, 0.15) is 0 Å². The van der Waals surface area contributed by atoms with Crippen LogP contribution in [0.5, 0.6) is 0 Å². The zero-order chi connectivity index (χ0) is 17.6. The van der Waals surface area contributed by atoms with Gasteiger partial charge < -0.3 is 0 Å². The molecule has 4 rings (SSSR count). The lowest BCUT2D eigenvalue weighted by Crippen LogP contribution is -2.39. The van der Waals surface area contributed by atoms with Crippen molar-refractivity contribution >= 4 is 17.5 Å². The zero-order valence-electron chi connectivity index (χ0n) is 14.1. The molecule has 2 aliphatic rings. The Labute approximate surface area is 145 Å². The third-order valence-corrected chi connectivity index (χ3v) is 4.79. The number of benzene rings is 2. The average Bonchev–Trinajstić information content (AvgIpc) is 3.12. The average molecular weight is 334 g/mol. The fourth-order valence-electron chi connectivity index (χ4n) is 3.24. The molecule has 2 amide bonds. The van der Waals surface area contributed by atoms with Gasteiger partial charge in [-0.1, -0.05) is 41.6 Å². The number of hydrogen-bond donors (Lipinski definition) is 0. The van der Waals surface area contributed by atoms with Crippen LogP contribution in [0.4, 0.5) is 5.69 Å². The molecule has 0 aromatic heterocycles. The number of fused-ring (bicyclic) bond motifs is 1. The Kier molecular flexibility index (Phi) is 3.60. The van der Waals surface area contributed by atoms with Crippen LogP contribution in [0.25, 0.3) is 0 Å². The second kappa shape index (κ2) is 5.81. The number of aryl methyl sites for hydroxylation is 2. The summed E-state index contributed by atoms with van der Waals surface area (Å²) in [5.41, 5.74) is 3.78. The summed E-state index contributed by atoms with van der Waals surface area (Å²) in [5, 5.41) is 9.74. The molecule has 0 aliphatic carbocycles. The molecule has 2 atom stereocenters. The summed E-state index contributed by atoms with van der Waals surface area (Å²) >= 11 is 0. The van der Waals surface area contributed by atoms with E-state index in [2.05, 4.69) is 10.3 Å². The van der Waals surface area contributed by atoms with Gasteiger partial charge in [-0.25, -0.2) is 4.90 Å². The molecule has 0 saturated carbocycles. The molecule has 0 spiro atoms. The fourth-order valence-corrected chi connectivity index (χ4v) is 3.24. The van der Waals surface area contributed by atoms with Crippen LogP contribution in [0.3, 0.4) is 0 Å². The van der Waals surface area contributed by atoms with Crippen LogP contribution >= 0.6 is 0 Å². The smallest absolute Gasteiger partial charge is 0.263 e. The number of hydrogen-bond acceptors (Lipinski definition) is 5. The SMILES string of the molecule is Cc1ccc(N2C(=O)[C@@H]3[C@@H](N=NN3Cc3ccccc3)C2=O)cc1C. The third kappa shape index (κ3) is 2.50. The van der Waals surface area contributed by atoms with Crippen LogP contribution in [-0.4, -0.2) is 28.9 Å². The molecular weight excluding hydrogens is 316 g/mol. The first-order chi connectivity index (χ1) is 12.1. The second-order valence-electron chi connectivity index (χ2n) is 6.46. The minimum Gasteiger partial charge on any atom is -0.271 e. The minimum absolute atomic E-state index is 0.265. The maximum Gasteiger partial charge on any atom is 0.263 e. The summed E-state index contributed by atoms with van der Waals surface area (Å²) in [7, 11) is 0. The minimum atomic E-state index is -0.752. The van der Waals surface area contributed by atoms with Gasteiger partial charge in [-0.3, -0.25) is 14.6 Å². The molecule has 2 aromatic carbocycles. The molecular formula is C19H18N4O2. The maximum absolute atomic E-state index is 12.9. The Bertz CT molecular complexity index is 878. The first kappa shape index (κ1) is 15.5. The van der Waals surface area contributed by atoms with Crippen molar-refractivity contribution in [1.29, 1.82) is 0 Å². The van der Waals surface area contributed by atoms with Crippen LogP contribution in [0.1, 0.15) is 16.7 Å². The number of nitrogens with zero attached hydrogens (tertiary/aromatic N) is 4. The highest BCUT2D eigenvalue weighted by atomic mass is 16.2. The highest BCUT2D eigenvalue weighted by Crippen LogP contribution is 2.33. The Morgan fingerprint density at radius 1 is 0.960 bits per heavy atom. The highest BCUT2D eigenvalue weighted by molar-refractivity contribution is 6.25. The van der Waals surface area contributed by atoms with E-state index in [4.69, 9.17) is 0 Å². The lowest BCUT2D eigenvalue weighted by molar-refractivity contribution is -0.123.